The van der Waals surface area contributed by atoms with E-state index >= 15 is 0 Å². The SMILES string of the molecule is O=C(CN1CCN([C@@H]2CCOC2)CC1)Nc1nc2ccc(F)cc2s1. The number of ether oxygens (including phenoxy) is 1. The molecule has 1 N–H and O–H groups in total. The molecule has 1 amide bonds. The van der Waals surface area contributed by atoms with E-state index in [9.17, 15) is 9.18 Å². The summed E-state index contributed by atoms with van der Waals surface area (Å²) < 4.78 is 19.4. The summed E-state index contributed by atoms with van der Waals surface area (Å²) in [5.41, 5.74) is 0.703. The van der Waals surface area contributed by atoms with Crippen molar-refractivity contribution in [3.8, 4) is 0 Å². The van der Waals surface area contributed by atoms with Crippen molar-refractivity contribution in [2.75, 3.05) is 51.3 Å². The predicted molar refractivity (Wildman–Crippen MR) is 95.4 cm³/mol. The molecule has 4 rings (SSSR count). The van der Waals surface area contributed by atoms with Crippen LogP contribution in [0.25, 0.3) is 10.2 Å². The fourth-order valence-electron chi connectivity index (χ4n) is 3.41. The highest BCUT2D eigenvalue weighted by Gasteiger charge is 2.27. The third kappa shape index (κ3) is 3.98. The molecule has 2 aliphatic rings. The zero-order chi connectivity index (χ0) is 17.2. The lowest BCUT2D eigenvalue weighted by molar-refractivity contribution is -0.117. The largest absolute Gasteiger partial charge is 0.380 e. The maximum absolute atomic E-state index is 13.2. The van der Waals surface area contributed by atoms with Crippen LogP contribution in [0, 0.1) is 5.82 Å². The summed E-state index contributed by atoms with van der Waals surface area (Å²) in [4.78, 5) is 21.2. The smallest absolute Gasteiger partial charge is 0.240 e. The second-order valence-electron chi connectivity index (χ2n) is 6.51. The number of benzene rings is 1. The molecule has 8 heteroatoms. The number of hydrogen-bond donors (Lipinski definition) is 1. The molecule has 25 heavy (non-hydrogen) atoms. The van der Waals surface area contributed by atoms with Crippen LogP contribution in [-0.2, 0) is 9.53 Å². The lowest BCUT2D eigenvalue weighted by atomic mass is 10.2. The van der Waals surface area contributed by atoms with Gasteiger partial charge in [-0.2, -0.15) is 0 Å². The summed E-state index contributed by atoms with van der Waals surface area (Å²) in [6.07, 6.45) is 1.11. The number of carbonyl (C=O) groups is 1. The monoisotopic (exact) mass is 364 g/mol. The van der Waals surface area contributed by atoms with E-state index < -0.39 is 0 Å². The number of piperazine rings is 1. The van der Waals surface area contributed by atoms with Gasteiger partial charge < -0.3 is 10.1 Å². The van der Waals surface area contributed by atoms with E-state index in [1.54, 1.807) is 6.07 Å². The molecule has 2 aromatic rings. The van der Waals surface area contributed by atoms with Gasteiger partial charge >= 0.3 is 0 Å². The number of halogens is 1. The average Bonchev–Trinajstić information content (AvgIpc) is 3.24. The Hall–Kier alpha value is -1.61. The first-order valence-electron chi connectivity index (χ1n) is 8.57. The standard InChI is InChI=1S/C17H21FN4O2S/c18-12-1-2-14-15(9-12)25-17(19-14)20-16(23)10-21-4-6-22(7-5-21)13-3-8-24-11-13/h1-2,9,13H,3-8,10-11H2,(H,19,20,23)/t13-/m1/s1. The van der Waals surface area contributed by atoms with Gasteiger partial charge in [-0.1, -0.05) is 11.3 Å². The number of thiazole rings is 1. The molecule has 1 aromatic heterocycles. The molecule has 6 nitrogen and oxygen atoms in total. The first-order chi connectivity index (χ1) is 12.2. The first-order valence-corrected chi connectivity index (χ1v) is 9.39. The van der Waals surface area contributed by atoms with Crippen LogP contribution in [0.5, 0.6) is 0 Å². The van der Waals surface area contributed by atoms with Gasteiger partial charge in [-0.15, -0.1) is 0 Å². The number of rotatable bonds is 4. The van der Waals surface area contributed by atoms with Crippen LogP contribution < -0.4 is 5.32 Å². The van der Waals surface area contributed by atoms with Crippen LogP contribution in [0.15, 0.2) is 18.2 Å². The van der Waals surface area contributed by atoms with Crippen molar-refractivity contribution in [3.05, 3.63) is 24.0 Å². The number of aromatic nitrogens is 1. The normalized spacial score (nSPS) is 22.5. The van der Waals surface area contributed by atoms with Crippen LogP contribution in [0.4, 0.5) is 9.52 Å². The van der Waals surface area contributed by atoms with E-state index in [-0.39, 0.29) is 11.7 Å². The topological polar surface area (TPSA) is 57.7 Å². The molecule has 2 fully saturated rings. The van der Waals surface area contributed by atoms with Gasteiger partial charge in [-0.05, 0) is 24.6 Å². The van der Waals surface area contributed by atoms with Crippen molar-refractivity contribution >= 4 is 32.6 Å². The zero-order valence-electron chi connectivity index (χ0n) is 13.9. The van der Waals surface area contributed by atoms with E-state index in [2.05, 4.69) is 20.1 Å². The number of fused-ring (bicyclic) bond motifs is 1. The Kier molecular flexibility index (Phi) is 4.93. The van der Waals surface area contributed by atoms with E-state index in [1.165, 1.54) is 23.5 Å². The van der Waals surface area contributed by atoms with Crippen LogP contribution >= 0.6 is 11.3 Å². The third-order valence-corrected chi connectivity index (χ3v) is 5.73. The van der Waals surface area contributed by atoms with Crippen LogP contribution in [0.3, 0.4) is 0 Å². The van der Waals surface area contributed by atoms with Crippen molar-refractivity contribution < 1.29 is 13.9 Å². The highest BCUT2D eigenvalue weighted by Crippen LogP contribution is 2.26. The quantitative estimate of drug-likeness (QED) is 0.896. The van der Waals surface area contributed by atoms with E-state index in [4.69, 9.17) is 4.74 Å². The number of anilines is 1. The lowest BCUT2D eigenvalue weighted by Gasteiger charge is -2.37. The van der Waals surface area contributed by atoms with E-state index in [1.807, 2.05) is 0 Å². The number of hydrogen-bond acceptors (Lipinski definition) is 6. The average molecular weight is 364 g/mol. The molecule has 2 saturated heterocycles. The summed E-state index contributed by atoms with van der Waals surface area (Å²) in [6, 6.07) is 4.99. The molecule has 0 unspecified atom stereocenters. The van der Waals surface area contributed by atoms with Crippen molar-refractivity contribution in [1.29, 1.82) is 0 Å². The second-order valence-corrected chi connectivity index (χ2v) is 7.54. The summed E-state index contributed by atoms with van der Waals surface area (Å²) in [5, 5.41) is 3.36. The molecular weight excluding hydrogens is 343 g/mol. The van der Waals surface area contributed by atoms with Crippen LogP contribution in [-0.4, -0.2) is 72.7 Å². The molecule has 134 valence electrons. The molecule has 0 radical (unpaired) electrons. The Bertz CT molecular complexity index is 754. The molecule has 2 aliphatic heterocycles. The Morgan fingerprint density at radius 3 is 2.96 bits per heavy atom. The second kappa shape index (κ2) is 7.33. The van der Waals surface area contributed by atoms with Gasteiger partial charge in [0.15, 0.2) is 5.13 Å². The van der Waals surface area contributed by atoms with Gasteiger partial charge in [-0.25, -0.2) is 9.37 Å². The lowest BCUT2D eigenvalue weighted by Crippen LogP contribution is -2.52. The molecule has 1 aromatic carbocycles. The number of amides is 1. The summed E-state index contributed by atoms with van der Waals surface area (Å²) in [7, 11) is 0. The minimum absolute atomic E-state index is 0.0721. The van der Waals surface area contributed by atoms with Crippen molar-refractivity contribution in [3.63, 3.8) is 0 Å². The zero-order valence-corrected chi connectivity index (χ0v) is 14.7. The highest BCUT2D eigenvalue weighted by molar-refractivity contribution is 7.22. The first kappa shape index (κ1) is 16.8. The van der Waals surface area contributed by atoms with E-state index in [0.29, 0.717) is 23.2 Å². The van der Waals surface area contributed by atoms with Gasteiger partial charge in [0.1, 0.15) is 5.82 Å². The molecule has 0 spiro atoms. The summed E-state index contributed by atoms with van der Waals surface area (Å²) in [5.74, 6) is -0.364. The summed E-state index contributed by atoms with van der Waals surface area (Å²) >= 11 is 1.30. The predicted octanol–water partition coefficient (Wildman–Crippen LogP) is 1.78. The van der Waals surface area contributed by atoms with Gasteiger partial charge in [0.05, 0.1) is 23.4 Å². The van der Waals surface area contributed by atoms with Gasteiger partial charge in [0, 0.05) is 38.8 Å². The maximum atomic E-state index is 13.2. The number of nitrogens with zero attached hydrogens (tertiary/aromatic N) is 3. The van der Waals surface area contributed by atoms with Crippen molar-refractivity contribution in [1.82, 2.24) is 14.8 Å². The molecule has 1 atom stereocenters. The molecule has 0 bridgehead atoms. The third-order valence-electron chi connectivity index (χ3n) is 4.79. The van der Waals surface area contributed by atoms with Crippen LogP contribution in [0.1, 0.15) is 6.42 Å². The van der Waals surface area contributed by atoms with Crippen LogP contribution in [0.2, 0.25) is 0 Å². The number of nitrogens with one attached hydrogen (secondary N) is 1. The Morgan fingerprint density at radius 1 is 1.36 bits per heavy atom. The molecule has 0 aliphatic carbocycles. The highest BCUT2D eigenvalue weighted by atomic mass is 32.1. The van der Waals surface area contributed by atoms with E-state index in [0.717, 1.165) is 50.5 Å². The Balaban J connectivity index is 1.28. The van der Waals surface area contributed by atoms with Gasteiger partial charge in [-0.3, -0.25) is 14.6 Å². The molecule has 0 saturated carbocycles. The minimum Gasteiger partial charge on any atom is -0.380 e. The van der Waals surface area contributed by atoms with Gasteiger partial charge in [0.2, 0.25) is 5.91 Å². The van der Waals surface area contributed by atoms with Gasteiger partial charge in [0.25, 0.3) is 0 Å². The van der Waals surface area contributed by atoms with Crippen molar-refractivity contribution in [2.24, 2.45) is 0 Å². The fraction of sp³-hybridized carbons (Fsp3) is 0.529. The Morgan fingerprint density at radius 2 is 2.20 bits per heavy atom. The number of carbonyl (C=O) groups excluding carboxylic acids is 1. The maximum Gasteiger partial charge on any atom is 0.240 e. The summed E-state index contributed by atoms with van der Waals surface area (Å²) in [6.45, 7) is 5.77. The fourth-order valence-corrected chi connectivity index (χ4v) is 4.32. The van der Waals surface area contributed by atoms with Crippen molar-refractivity contribution in [2.45, 2.75) is 12.5 Å². The molecular formula is C17H21FN4O2S. The molecule has 3 heterocycles. The minimum atomic E-state index is -0.292. The Labute approximate surface area is 149 Å².